The number of nitrogens with one attached hydrogen (secondary N) is 2. The van der Waals surface area contributed by atoms with Crippen molar-refractivity contribution in [3.8, 4) is 0 Å². The fourth-order valence-corrected chi connectivity index (χ4v) is 3.81. The number of urea groups is 1. The summed E-state index contributed by atoms with van der Waals surface area (Å²) in [5.41, 5.74) is 0.715. The highest BCUT2D eigenvalue weighted by atomic mass is 16.5. The molecule has 26 heavy (non-hydrogen) atoms. The molecule has 2 saturated heterocycles. The summed E-state index contributed by atoms with van der Waals surface area (Å²) in [7, 11) is 0. The fraction of sp³-hybridized carbons (Fsp3) is 0.632. The third-order valence-electron chi connectivity index (χ3n) is 5.38. The van der Waals surface area contributed by atoms with Crippen LogP contribution in [-0.4, -0.2) is 71.7 Å². The van der Waals surface area contributed by atoms with E-state index in [0.717, 1.165) is 25.9 Å². The van der Waals surface area contributed by atoms with Crippen molar-refractivity contribution in [3.63, 3.8) is 0 Å². The Kier molecular flexibility index (Phi) is 6.48. The van der Waals surface area contributed by atoms with Gasteiger partial charge < -0.3 is 25.6 Å². The van der Waals surface area contributed by atoms with Crippen LogP contribution < -0.4 is 10.6 Å². The first-order valence-corrected chi connectivity index (χ1v) is 9.37. The van der Waals surface area contributed by atoms with Gasteiger partial charge in [-0.25, -0.2) is 4.79 Å². The second-order valence-electron chi connectivity index (χ2n) is 7.30. The topological polar surface area (TPSA) is 94.1 Å². The van der Waals surface area contributed by atoms with Crippen molar-refractivity contribution in [2.24, 2.45) is 5.92 Å². The standard InChI is InChI=1S/C19H29N3O4/c1-13-7-9-22(10-8-13)17-15(26-16(12-23)18(17)24)11-20-19(25)21-14-5-3-2-4-6-14/h2-6,13,15-18,23-24H,7-12H2,1H3,(H2,20,21,25). The smallest absolute Gasteiger partial charge is 0.319 e. The minimum Gasteiger partial charge on any atom is -0.394 e. The minimum absolute atomic E-state index is 0.211. The van der Waals surface area contributed by atoms with E-state index in [1.807, 2.05) is 30.3 Å². The number of rotatable bonds is 5. The number of para-hydroxylation sites is 1. The van der Waals surface area contributed by atoms with E-state index in [4.69, 9.17) is 4.74 Å². The van der Waals surface area contributed by atoms with Crippen molar-refractivity contribution < 1.29 is 19.7 Å². The van der Waals surface area contributed by atoms with Gasteiger partial charge in [0.2, 0.25) is 0 Å². The van der Waals surface area contributed by atoms with Gasteiger partial charge in [-0.05, 0) is 44.0 Å². The van der Waals surface area contributed by atoms with E-state index in [2.05, 4.69) is 22.5 Å². The highest BCUT2D eigenvalue weighted by Gasteiger charge is 2.46. The van der Waals surface area contributed by atoms with Gasteiger partial charge in [-0.1, -0.05) is 25.1 Å². The second kappa shape index (κ2) is 8.81. The third kappa shape index (κ3) is 4.54. The lowest BCUT2D eigenvalue weighted by Gasteiger charge is -2.38. The van der Waals surface area contributed by atoms with Crippen molar-refractivity contribution >= 4 is 11.7 Å². The number of hydrogen-bond acceptors (Lipinski definition) is 5. The molecule has 2 amide bonds. The van der Waals surface area contributed by atoms with Crippen LogP contribution in [-0.2, 0) is 4.74 Å². The van der Waals surface area contributed by atoms with Crippen molar-refractivity contribution in [1.29, 1.82) is 0 Å². The van der Waals surface area contributed by atoms with Crippen LogP contribution in [0.2, 0.25) is 0 Å². The normalized spacial score (nSPS) is 30.3. The maximum Gasteiger partial charge on any atom is 0.319 e. The summed E-state index contributed by atoms with van der Waals surface area (Å²) >= 11 is 0. The van der Waals surface area contributed by atoms with Gasteiger partial charge in [-0.2, -0.15) is 0 Å². The molecule has 0 spiro atoms. The Balaban J connectivity index is 1.58. The Morgan fingerprint density at radius 3 is 2.58 bits per heavy atom. The van der Waals surface area contributed by atoms with E-state index in [-0.39, 0.29) is 31.3 Å². The van der Waals surface area contributed by atoms with Crippen molar-refractivity contribution in [2.45, 2.75) is 44.1 Å². The van der Waals surface area contributed by atoms with Crippen LogP contribution in [0.3, 0.4) is 0 Å². The molecule has 0 aromatic heterocycles. The first-order valence-electron chi connectivity index (χ1n) is 9.37. The predicted octanol–water partition coefficient (Wildman–Crippen LogP) is 1.03. The first kappa shape index (κ1) is 19.1. The summed E-state index contributed by atoms with van der Waals surface area (Å²) in [6.07, 6.45) is 0.460. The predicted molar refractivity (Wildman–Crippen MR) is 99.0 cm³/mol. The van der Waals surface area contributed by atoms with E-state index in [9.17, 15) is 15.0 Å². The van der Waals surface area contributed by atoms with Crippen LogP contribution in [0.25, 0.3) is 0 Å². The SMILES string of the molecule is CC1CCN(C2C(CNC(=O)Nc3ccccc3)OC(CO)C2O)CC1. The number of anilines is 1. The summed E-state index contributed by atoms with van der Waals surface area (Å²) in [5.74, 6) is 0.688. The zero-order valence-corrected chi connectivity index (χ0v) is 15.2. The van der Waals surface area contributed by atoms with Crippen molar-refractivity contribution in [3.05, 3.63) is 30.3 Å². The van der Waals surface area contributed by atoms with Crippen LogP contribution in [0.5, 0.6) is 0 Å². The third-order valence-corrected chi connectivity index (χ3v) is 5.38. The zero-order valence-electron chi connectivity index (χ0n) is 15.2. The van der Waals surface area contributed by atoms with Crippen LogP contribution in [0.1, 0.15) is 19.8 Å². The molecule has 7 nitrogen and oxygen atoms in total. The molecule has 7 heteroatoms. The van der Waals surface area contributed by atoms with Crippen molar-refractivity contribution in [2.75, 3.05) is 31.6 Å². The molecule has 4 N–H and O–H groups in total. The minimum atomic E-state index is -0.752. The highest BCUT2D eigenvalue weighted by molar-refractivity contribution is 5.89. The van der Waals surface area contributed by atoms with E-state index in [1.165, 1.54) is 0 Å². The monoisotopic (exact) mass is 363 g/mol. The molecule has 2 fully saturated rings. The Hall–Kier alpha value is -1.67. The van der Waals surface area contributed by atoms with E-state index >= 15 is 0 Å². The highest BCUT2D eigenvalue weighted by Crippen LogP contribution is 2.29. The molecule has 0 aliphatic carbocycles. The molecule has 1 aromatic rings. The molecule has 144 valence electrons. The number of benzene rings is 1. The van der Waals surface area contributed by atoms with E-state index < -0.39 is 12.2 Å². The number of aliphatic hydroxyl groups excluding tert-OH is 2. The van der Waals surface area contributed by atoms with Crippen LogP contribution in [0.15, 0.2) is 30.3 Å². The summed E-state index contributed by atoms with van der Waals surface area (Å²) in [4.78, 5) is 14.4. The maximum absolute atomic E-state index is 12.1. The molecule has 4 unspecified atom stereocenters. The zero-order chi connectivity index (χ0) is 18.5. The number of carbonyl (C=O) groups excluding carboxylic acids is 1. The van der Waals surface area contributed by atoms with Gasteiger partial charge in [-0.15, -0.1) is 0 Å². The second-order valence-corrected chi connectivity index (χ2v) is 7.30. The van der Waals surface area contributed by atoms with Crippen molar-refractivity contribution in [1.82, 2.24) is 10.2 Å². The molecule has 0 saturated carbocycles. The Morgan fingerprint density at radius 2 is 1.92 bits per heavy atom. The Labute approximate surface area is 154 Å². The van der Waals surface area contributed by atoms with Crippen LogP contribution in [0.4, 0.5) is 10.5 Å². The maximum atomic E-state index is 12.1. The average molecular weight is 363 g/mol. The largest absolute Gasteiger partial charge is 0.394 e. The van der Waals surface area contributed by atoms with Gasteiger partial charge in [0.15, 0.2) is 0 Å². The molecule has 2 heterocycles. The van der Waals surface area contributed by atoms with E-state index in [0.29, 0.717) is 11.6 Å². The number of likely N-dealkylation sites (tertiary alicyclic amines) is 1. The lowest BCUT2D eigenvalue weighted by atomic mass is 9.94. The molecule has 4 atom stereocenters. The number of piperidine rings is 1. The number of ether oxygens (including phenoxy) is 1. The molecule has 3 rings (SSSR count). The summed E-state index contributed by atoms with van der Waals surface area (Å²) in [5, 5.41) is 25.7. The fourth-order valence-electron chi connectivity index (χ4n) is 3.81. The number of carbonyl (C=O) groups is 1. The van der Waals surface area contributed by atoms with Gasteiger partial charge in [0.1, 0.15) is 12.2 Å². The van der Waals surface area contributed by atoms with Gasteiger partial charge in [0.25, 0.3) is 0 Å². The van der Waals surface area contributed by atoms with Crippen LogP contribution >= 0.6 is 0 Å². The van der Waals surface area contributed by atoms with Gasteiger partial charge in [0.05, 0.1) is 18.8 Å². The van der Waals surface area contributed by atoms with Crippen LogP contribution in [0, 0.1) is 5.92 Å². The molecule has 2 aliphatic rings. The molecular formula is C19H29N3O4. The molecular weight excluding hydrogens is 334 g/mol. The first-order chi connectivity index (χ1) is 12.6. The lowest BCUT2D eigenvalue weighted by Crippen LogP contribution is -2.53. The van der Waals surface area contributed by atoms with Gasteiger partial charge in [0, 0.05) is 12.2 Å². The summed E-state index contributed by atoms with van der Waals surface area (Å²) in [6, 6.07) is 8.69. The molecule has 2 aliphatic heterocycles. The molecule has 1 aromatic carbocycles. The lowest BCUT2D eigenvalue weighted by molar-refractivity contribution is -0.0205. The Morgan fingerprint density at radius 1 is 1.23 bits per heavy atom. The summed E-state index contributed by atoms with van der Waals surface area (Å²) < 4.78 is 5.83. The van der Waals surface area contributed by atoms with Gasteiger partial charge in [-0.3, -0.25) is 4.90 Å². The average Bonchev–Trinajstić information content (AvgIpc) is 2.97. The number of hydrogen-bond donors (Lipinski definition) is 4. The number of aliphatic hydroxyl groups is 2. The quantitative estimate of drug-likeness (QED) is 0.627. The number of amides is 2. The molecule has 0 bridgehead atoms. The number of nitrogens with zero attached hydrogens (tertiary/aromatic N) is 1. The molecule has 0 radical (unpaired) electrons. The Bertz CT molecular complexity index is 577. The summed E-state index contributed by atoms with van der Waals surface area (Å²) in [6.45, 7) is 4.09. The van der Waals surface area contributed by atoms with Gasteiger partial charge >= 0.3 is 6.03 Å². The van der Waals surface area contributed by atoms with E-state index in [1.54, 1.807) is 0 Å².